The molecule has 1 radical (unpaired) electrons. The van der Waals surface area contributed by atoms with Crippen LogP contribution in [0.25, 0.3) is 0 Å². The van der Waals surface area contributed by atoms with E-state index in [9.17, 15) is 0 Å². The lowest BCUT2D eigenvalue weighted by Crippen LogP contribution is -2.00. The normalized spacial score (nSPS) is 14.1. The Morgan fingerprint density at radius 3 is 2.43 bits per heavy atom. The number of ether oxygens (including phenoxy) is 1. The molecule has 0 bridgehead atoms. The highest BCUT2D eigenvalue weighted by molar-refractivity contribution is 4.50. The van der Waals surface area contributed by atoms with E-state index in [1.807, 2.05) is 0 Å². The zero-order valence-corrected chi connectivity index (χ0v) is 5.11. The third-order valence-electron chi connectivity index (χ3n) is 0.944. The molecule has 0 amide bonds. The molecular formula is C6H13O. The van der Waals surface area contributed by atoms with Crippen molar-refractivity contribution < 1.29 is 4.74 Å². The Morgan fingerprint density at radius 1 is 1.71 bits per heavy atom. The van der Waals surface area contributed by atoms with Gasteiger partial charge in [0.2, 0.25) is 0 Å². The molecule has 0 aromatic rings. The highest BCUT2D eigenvalue weighted by atomic mass is 16.5. The molecule has 1 nitrogen and oxygen atoms in total. The summed E-state index contributed by atoms with van der Waals surface area (Å²) in [5.74, 6) is 0.616. The van der Waals surface area contributed by atoms with Gasteiger partial charge >= 0.3 is 0 Å². The van der Waals surface area contributed by atoms with Crippen molar-refractivity contribution in [2.45, 2.75) is 13.3 Å². The lowest BCUT2D eigenvalue weighted by atomic mass is 10.1. The Bertz CT molecular complexity index is 35.2. The maximum absolute atomic E-state index is 4.85. The molecule has 0 aromatic heterocycles. The fourth-order valence-corrected chi connectivity index (χ4v) is 0.368. The molecule has 0 aliphatic heterocycles. The van der Waals surface area contributed by atoms with Gasteiger partial charge < -0.3 is 4.74 Å². The largest absolute Gasteiger partial charge is 0.384 e. The van der Waals surface area contributed by atoms with E-state index in [1.54, 1.807) is 7.11 Å². The van der Waals surface area contributed by atoms with E-state index in [0.29, 0.717) is 5.92 Å². The van der Waals surface area contributed by atoms with Crippen LogP contribution >= 0.6 is 0 Å². The Kier molecular flexibility index (Phi) is 4.10. The summed E-state index contributed by atoms with van der Waals surface area (Å²) in [6.07, 6.45) is 0.966. The first-order valence-electron chi connectivity index (χ1n) is 2.59. The maximum Gasteiger partial charge on any atom is 0.0487 e. The van der Waals surface area contributed by atoms with E-state index in [4.69, 9.17) is 4.74 Å². The van der Waals surface area contributed by atoms with Crippen LogP contribution in [-0.4, -0.2) is 13.7 Å². The molecule has 0 saturated heterocycles. The molecule has 0 aromatic carbocycles. The summed E-state index contributed by atoms with van der Waals surface area (Å²) in [6, 6.07) is 0. The fourth-order valence-electron chi connectivity index (χ4n) is 0.368. The van der Waals surface area contributed by atoms with Gasteiger partial charge in [0.1, 0.15) is 0 Å². The standard InChI is InChI=1S/C6H13O/c1-4-6(2)5-7-3/h6H,1,4-5H2,2-3H3. The Balaban J connectivity index is 2.83. The van der Waals surface area contributed by atoms with Crippen molar-refractivity contribution in [2.75, 3.05) is 13.7 Å². The van der Waals surface area contributed by atoms with Gasteiger partial charge in [0.05, 0.1) is 0 Å². The highest BCUT2D eigenvalue weighted by Crippen LogP contribution is 1.97. The van der Waals surface area contributed by atoms with Crippen molar-refractivity contribution in [2.24, 2.45) is 5.92 Å². The Hall–Kier alpha value is -0.0400. The molecule has 0 saturated carbocycles. The lowest BCUT2D eigenvalue weighted by Gasteiger charge is -2.03. The minimum Gasteiger partial charge on any atom is -0.384 e. The molecular weight excluding hydrogens is 88.1 g/mol. The van der Waals surface area contributed by atoms with Crippen LogP contribution < -0.4 is 0 Å². The van der Waals surface area contributed by atoms with E-state index < -0.39 is 0 Å². The summed E-state index contributed by atoms with van der Waals surface area (Å²) in [5.41, 5.74) is 0. The molecule has 1 unspecified atom stereocenters. The van der Waals surface area contributed by atoms with E-state index >= 15 is 0 Å². The van der Waals surface area contributed by atoms with Gasteiger partial charge in [-0.05, 0) is 12.3 Å². The number of hydrogen-bond acceptors (Lipinski definition) is 1. The van der Waals surface area contributed by atoms with Gasteiger partial charge in [-0.15, -0.1) is 0 Å². The summed E-state index contributed by atoms with van der Waals surface area (Å²) in [5, 5.41) is 0. The van der Waals surface area contributed by atoms with Crippen molar-refractivity contribution in [1.29, 1.82) is 0 Å². The zero-order chi connectivity index (χ0) is 5.70. The molecule has 0 N–H and O–H groups in total. The summed E-state index contributed by atoms with van der Waals surface area (Å²) < 4.78 is 4.85. The van der Waals surface area contributed by atoms with Gasteiger partial charge in [-0.2, -0.15) is 0 Å². The van der Waals surface area contributed by atoms with Gasteiger partial charge in [0.15, 0.2) is 0 Å². The first kappa shape index (κ1) is 6.96. The Morgan fingerprint density at radius 2 is 2.29 bits per heavy atom. The van der Waals surface area contributed by atoms with Gasteiger partial charge in [-0.25, -0.2) is 0 Å². The van der Waals surface area contributed by atoms with Gasteiger partial charge in [-0.1, -0.05) is 13.8 Å². The van der Waals surface area contributed by atoms with Crippen LogP contribution in [0.2, 0.25) is 0 Å². The van der Waals surface area contributed by atoms with Crippen molar-refractivity contribution >= 4 is 0 Å². The summed E-state index contributed by atoms with van der Waals surface area (Å²) in [7, 11) is 1.71. The lowest BCUT2D eigenvalue weighted by molar-refractivity contribution is 0.160. The zero-order valence-electron chi connectivity index (χ0n) is 5.11. The molecule has 0 spiro atoms. The van der Waals surface area contributed by atoms with Crippen molar-refractivity contribution in [3.05, 3.63) is 6.92 Å². The molecule has 0 aliphatic rings. The highest BCUT2D eigenvalue weighted by Gasteiger charge is 1.93. The van der Waals surface area contributed by atoms with Crippen LogP contribution in [-0.2, 0) is 4.74 Å². The summed E-state index contributed by atoms with van der Waals surface area (Å²) in [4.78, 5) is 0. The smallest absolute Gasteiger partial charge is 0.0487 e. The quantitative estimate of drug-likeness (QED) is 0.523. The van der Waals surface area contributed by atoms with Gasteiger partial charge in [0, 0.05) is 13.7 Å². The van der Waals surface area contributed by atoms with Crippen LogP contribution in [0.15, 0.2) is 0 Å². The first-order valence-corrected chi connectivity index (χ1v) is 2.59. The van der Waals surface area contributed by atoms with E-state index in [1.165, 1.54) is 0 Å². The second-order valence-electron chi connectivity index (χ2n) is 1.85. The monoisotopic (exact) mass is 101 g/mol. The van der Waals surface area contributed by atoms with E-state index in [-0.39, 0.29) is 0 Å². The number of methoxy groups -OCH3 is 1. The van der Waals surface area contributed by atoms with E-state index in [2.05, 4.69) is 13.8 Å². The van der Waals surface area contributed by atoms with Gasteiger partial charge in [0.25, 0.3) is 0 Å². The summed E-state index contributed by atoms with van der Waals surface area (Å²) >= 11 is 0. The van der Waals surface area contributed by atoms with Crippen molar-refractivity contribution in [3.63, 3.8) is 0 Å². The fraction of sp³-hybridized carbons (Fsp3) is 0.833. The Labute approximate surface area is 45.7 Å². The minimum absolute atomic E-state index is 0.616. The molecule has 0 aliphatic carbocycles. The molecule has 0 heterocycles. The average molecular weight is 101 g/mol. The number of hydrogen-bond donors (Lipinski definition) is 0. The van der Waals surface area contributed by atoms with Crippen LogP contribution in [0.1, 0.15) is 13.3 Å². The average Bonchev–Trinajstić information content (AvgIpc) is 1.68. The van der Waals surface area contributed by atoms with Crippen molar-refractivity contribution in [1.82, 2.24) is 0 Å². The second kappa shape index (κ2) is 4.13. The molecule has 43 valence electrons. The SMILES string of the molecule is [CH2]CC(C)COC. The van der Waals surface area contributed by atoms with Crippen LogP contribution in [0.3, 0.4) is 0 Å². The molecule has 1 heteroatoms. The molecule has 0 rings (SSSR count). The second-order valence-corrected chi connectivity index (χ2v) is 1.85. The van der Waals surface area contributed by atoms with E-state index in [0.717, 1.165) is 13.0 Å². The maximum atomic E-state index is 4.85. The van der Waals surface area contributed by atoms with Crippen LogP contribution in [0, 0.1) is 12.8 Å². The summed E-state index contributed by atoms with van der Waals surface area (Å²) in [6.45, 7) is 6.68. The minimum atomic E-state index is 0.616. The van der Waals surface area contributed by atoms with Crippen LogP contribution in [0.5, 0.6) is 0 Å². The number of rotatable bonds is 3. The predicted molar refractivity (Wildman–Crippen MR) is 31.0 cm³/mol. The molecule has 7 heavy (non-hydrogen) atoms. The van der Waals surface area contributed by atoms with Crippen molar-refractivity contribution in [3.8, 4) is 0 Å². The third-order valence-corrected chi connectivity index (χ3v) is 0.944. The topological polar surface area (TPSA) is 9.23 Å². The van der Waals surface area contributed by atoms with Gasteiger partial charge in [-0.3, -0.25) is 0 Å². The third kappa shape index (κ3) is 3.80. The van der Waals surface area contributed by atoms with Crippen LogP contribution in [0.4, 0.5) is 0 Å². The first-order chi connectivity index (χ1) is 3.31. The molecule has 1 atom stereocenters. The predicted octanol–water partition coefficient (Wildman–Crippen LogP) is 1.49. The molecule has 0 fully saturated rings.